The zero-order valence-electron chi connectivity index (χ0n) is 12.2. The first-order valence-corrected chi connectivity index (χ1v) is 10.5. The lowest BCUT2D eigenvalue weighted by Gasteiger charge is -2.11. The van der Waals surface area contributed by atoms with Gasteiger partial charge in [0.05, 0.1) is 15.9 Å². The lowest BCUT2D eigenvalue weighted by Crippen LogP contribution is -2.16. The molecule has 2 aromatic heterocycles. The molecule has 0 amide bonds. The smallest absolute Gasteiger partial charge is 0.271 e. The number of nitrogens with one attached hydrogen (secondary N) is 1. The summed E-state index contributed by atoms with van der Waals surface area (Å²) in [7, 11) is -3.51. The maximum atomic E-state index is 12.3. The van der Waals surface area contributed by atoms with Crippen molar-refractivity contribution in [1.82, 2.24) is 4.98 Å². The zero-order valence-corrected chi connectivity index (χ0v) is 14.7. The van der Waals surface area contributed by atoms with E-state index in [9.17, 15) is 8.42 Å². The number of thiophene rings is 1. The van der Waals surface area contributed by atoms with Gasteiger partial charge in [0, 0.05) is 13.1 Å². The Morgan fingerprint density at radius 3 is 2.74 bits per heavy atom. The van der Waals surface area contributed by atoms with E-state index in [1.54, 1.807) is 34.9 Å². The van der Waals surface area contributed by atoms with E-state index in [0.29, 0.717) is 9.90 Å². The normalized spacial score (nSPS) is 15.4. The van der Waals surface area contributed by atoms with Gasteiger partial charge >= 0.3 is 0 Å². The first kappa shape index (κ1) is 14.9. The van der Waals surface area contributed by atoms with Gasteiger partial charge in [0.1, 0.15) is 4.21 Å². The fourth-order valence-electron chi connectivity index (χ4n) is 2.64. The number of hydrogen-bond donors (Lipinski definition) is 1. The second-order valence-electron chi connectivity index (χ2n) is 5.41. The summed E-state index contributed by atoms with van der Waals surface area (Å²) in [5.41, 5.74) is 1.48. The van der Waals surface area contributed by atoms with Crippen molar-refractivity contribution in [2.24, 2.45) is 0 Å². The minimum atomic E-state index is -3.51. The third kappa shape index (κ3) is 2.93. The minimum absolute atomic E-state index is 0.319. The number of nitrogens with zero attached hydrogens (tertiary/aromatic N) is 2. The molecule has 5 nitrogen and oxygen atoms in total. The van der Waals surface area contributed by atoms with E-state index >= 15 is 0 Å². The van der Waals surface area contributed by atoms with Gasteiger partial charge in [0.2, 0.25) is 0 Å². The highest BCUT2D eigenvalue weighted by molar-refractivity contribution is 7.94. The summed E-state index contributed by atoms with van der Waals surface area (Å²) in [4.78, 5) is 6.94. The fourth-order valence-corrected chi connectivity index (χ4v) is 5.74. The Hall–Kier alpha value is -1.64. The van der Waals surface area contributed by atoms with Crippen LogP contribution in [-0.4, -0.2) is 26.5 Å². The van der Waals surface area contributed by atoms with Crippen molar-refractivity contribution in [3.63, 3.8) is 0 Å². The molecule has 0 bridgehead atoms. The molecule has 0 unspecified atom stereocenters. The predicted octanol–water partition coefficient (Wildman–Crippen LogP) is 3.76. The molecule has 8 heteroatoms. The Kier molecular flexibility index (Phi) is 3.74. The number of aromatic nitrogens is 1. The van der Waals surface area contributed by atoms with Crippen LogP contribution in [-0.2, 0) is 10.0 Å². The highest BCUT2D eigenvalue weighted by Crippen LogP contribution is 2.33. The van der Waals surface area contributed by atoms with Gasteiger partial charge < -0.3 is 4.90 Å². The zero-order chi connectivity index (χ0) is 15.9. The quantitative estimate of drug-likeness (QED) is 0.765. The molecule has 0 spiro atoms. The molecule has 23 heavy (non-hydrogen) atoms. The third-order valence-corrected chi connectivity index (χ3v) is 7.62. The standard InChI is InChI=1S/C15H15N3O2S3/c19-23(20,14-4-3-9-21-14)17-11-5-6-12-13(10-11)22-15(16-12)18-7-1-2-8-18/h3-6,9-10,17H,1-2,7-8H2. The van der Waals surface area contributed by atoms with Crippen LogP contribution in [0.1, 0.15) is 12.8 Å². The van der Waals surface area contributed by atoms with Gasteiger partial charge in [-0.1, -0.05) is 17.4 Å². The number of thiazole rings is 1. The Morgan fingerprint density at radius 1 is 1.17 bits per heavy atom. The number of rotatable bonds is 4. The van der Waals surface area contributed by atoms with Gasteiger partial charge in [-0.05, 0) is 42.5 Å². The van der Waals surface area contributed by atoms with Crippen LogP contribution in [0, 0.1) is 0 Å². The summed E-state index contributed by atoms with van der Waals surface area (Å²) in [5.74, 6) is 0. The van der Waals surface area contributed by atoms with Gasteiger partial charge in [-0.15, -0.1) is 11.3 Å². The Balaban J connectivity index is 1.64. The van der Waals surface area contributed by atoms with E-state index in [-0.39, 0.29) is 0 Å². The van der Waals surface area contributed by atoms with Crippen LogP contribution in [0.2, 0.25) is 0 Å². The first-order valence-electron chi connectivity index (χ1n) is 7.34. The van der Waals surface area contributed by atoms with Crippen LogP contribution in [0.3, 0.4) is 0 Å². The van der Waals surface area contributed by atoms with Gasteiger partial charge in [0.15, 0.2) is 5.13 Å². The molecule has 3 heterocycles. The molecular weight excluding hydrogens is 350 g/mol. The number of hydrogen-bond acceptors (Lipinski definition) is 6. The van der Waals surface area contributed by atoms with Crippen LogP contribution in [0.25, 0.3) is 10.2 Å². The predicted molar refractivity (Wildman–Crippen MR) is 96.2 cm³/mol. The van der Waals surface area contributed by atoms with E-state index < -0.39 is 10.0 Å². The molecule has 0 saturated carbocycles. The van der Waals surface area contributed by atoms with Gasteiger partial charge in [0.25, 0.3) is 10.0 Å². The van der Waals surface area contributed by atoms with Crippen LogP contribution in [0.5, 0.6) is 0 Å². The molecule has 1 saturated heterocycles. The molecule has 0 atom stereocenters. The summed E-state index contributed by atoms with van der Waals surface area (Å²) in [6.07, 6.45) is 2.42. The highest BCUT2D eigenvalue weighted by Gasteiger charge is 2.18. The van der Waals surface area contributed by atoms with Crippen molar-refractivity contribution in [3.05, 3.63) is 35.7 Å². The second-order valence-corrected chi connectivity index (χ2v) is 9.28. The van der Waals surface area contributed by atoms with Gasteiger partial charge in [-0.3, -0.25) is 4.72 Å². The molecule has 1 aliphatic rings. The number of benzene rings is 1. The second kappa shape index (κ2) is 5.77. The Labute approximate surface area is 142 Å². The molecule has 120 valence electrons. The van der Waals surface area contributed by atoms with Gasteiger partial charge in [-0.25, -0.2) is 13.4 Å². The maximum absolute atomic E-state index is 12.3. The topological polar surface area (TPSA) is 62.3 Å². The molecular formula is C15H15N3O2S3. The van der Waals surface area contributed by atoms with Crippen LogP contribution in [0.15, 0.2) is 39.9 Å². The molecule has 4 rings (SSSR count). The highest BCUT2D eigenvalue weighted by atomic mass is 32.2. The molecule has 0 aliphatic carbocycles. The van der Waals surface area contributed by atoms with Gasteiger partial charge in [-0.2, -0.15) is 0 Å². The molecule has 0 radical (unpaired) electrons. The maximum Gasteiger partial charge on any atom is 0.271 e. The number of anilines is 2. The lowest BCUT2D eigenvalue weighted by atomic mass is 10.3. The monoisotopic (exact) mass is 365 g/mol. The van der Waals surface area contributed by atoms with Crippen molar-refractivity contribution in [2.75, 3.05) is 22.7 Å². The van der Waals surface area contributed by atoms with E-state index in [1.165, 1.54) is 24.2 Å². The average molecular weight is 366 g/mol. The van der Waals surface area contributed by atoms with E-state index in [2.05, 4.69) is 14.6 Å². The van der Waals surface area contributed by atoms with E-state index in [0.717, 1.165) is 28.4 Å². The number of sulfonamides is 1. The molecule has 1 fully saturated rings. The lowest BCUT2D eigenvalue weighted by molar-refractivity contribution is 0.603. The summed E-state index contributed by atoms with van der Waals surface area (Å²) >= 11 is 2.82. The Bertz CT molecular complexity index is 926. The van der Waals surface area contributed by atoms with Crippen LogP contribution < -0.4 is 9.62 Å². The summed E-state index contributed by atoms with van der Waals surface area (Å²) in [5, 5.41) is 2.78. The summed E-state index contributed by atoms with van der Waals surface area (Å²) in [6.45, 7) is 2.11. The van der Waals surface area contributed by atoms with E-state index in [1.807, 2.05) is 12.1 Å². The molecule has 1 aromatic carbocycles. The van der Waals surface area contributed by atoms with Crippen molar-refractivity contribution in [3.8, 4) is 0 Å². The van der Waals surface area contributed by atoms with E-state index in [4.69, 9.17) is 0 Å². The van der Waals surface area contributed by atoms with Crippen LogP contribution >= 0.6 is 22.7 Å². The summed E-state index contributed by atoms with van der Waals surface area (Å²) in [6, 6.07) is 8.83. The van der Waals surface area contributed by atoms with Crippen molar-refractivity contribution >= 4 is 53.7 Å². The number of fused-ring (bicyclic) bond motifs is 1. The fraction of sp³-hybridized carbons (Fsp3) is 0.267. The van der Waals surface area contributed by atoms with Crippen molar-refractivity contribution in [1.29, 1.82) is 0 Å². The molecule has 1 aliphatic heterocycles. The van der Waals surface area contributed by atoms with Crippen molar-refractivity contribution in [2.45, 2.75) is 17.1 Å². The first-order chi connectivity index (χ1) is 11.1. The summed E-state index contributed by atoms with van der Waals surface area (Å²) < 4.78 is 28.5. The SMILES string of the molecule is O=S(=O)(Nc1ccc2nc(N3CCCC3)sc2c1)c1cccs1. The largest absolute Gasteiger partial charge is 0.348 e. The van der Waals surface area contributed by atoms with Crippen LogP contribution in [0.4, 0.5) is 10.8 Å². The molecule has 3 aromatic rings. The minimum Gasteiger partial charge on any atom is -0.348 e. The van der Waals surface area contributed by atoms with Crippen molar-refractivity contribution < 1.29 is 8.42 Å². The Morgan fingerprint density at radius 2 is 2.00 bits per heavy atom. The average Bonchev–Trinajstić information content (AvgIpc) is 3.26. The third-order valence-electron chi connectivity index (χ3n) is 3.77. The molecule has 1 N–H and O–H groups in total.